The molecule has 2 aromatic carbocycles. The van der Waals surface area contributed by atoms with E-state index in [1.54, 1.807) is 10.7 Å². The highest BCUT2D eigenvalue weighted by atomic mass is 19.4. The molecule has 4 heterocycles. The minimum absolute atomic E-state index is 0.0197. The maximum Gasteiger partial charge on any atom is 0.389 e. The van der Waals surface area contributed by atoms with Crippen LogP contribution in [0.15, 0.2) is 79.0 Å². The number of alkyl halides is 3. The van der Waals surface area contributed by atoms with E-state index in [0.29, 0.717) is 42.7 Å². The van der Waals surface area contributed by atoms with E-state index in [1.165, 1.54) is 10.5 Å². The normalized spacial score (nSPS) is 17.2. The fraction of sp³-hybridized carbons (Fsp3) is 0.371. The van der Waals surface area contributed by atoms with Crippen molar-refractivity contribution in [3.05, 3.63) is 95.7 Å². The predicted molar refractivity (Wildman–Crippen MR) is 174 cm³/mol. The van der Waals surface area contributed by atoms with E-state index in [4.69, 9.17) is 4.98 Å². The van der Waals surface area contributed by atoms with Gasteiger partial charge in [-0.1, -0.05) is 36.4 Å². The molecule has 0 radical (unpaired) electrons. The maximum absolute atomic E-state index is 13.4. The number of aromatic nitrogens is 3. The van der Waals surface area contributed by atoms with Gasteiger partial charge in [-0.25, -0.2) is 4.52 Å². The lowest BCUT2D eigenvalue weighted by atomic mass is 10.00. The summed E-state index contributed by atoms with van der Waals surface area (Å²) in [6.07, 6.45) is 0.186. The van der Waals surface area contributed by atoms with Gasteiger partial charge in [-0.3, -0.25) is 14.5 Å². The van der Waals surface area contributed by atoms with Gasteiger partial charge < -0.3 is 15.1 Å². The summed E-state index contributed by atoms with van der Waals surface area (Å²) < 4.78 is 39.3. The molecular weight excluding hydrogens is 607 g/mol. The Labute approximate surface area is 271 Å². The third-order valence-electron chi connectivity index (χ3n) is 8.86. The van der Waals surface area contributed by atoms with E-state index in [1.807, 2.05) is 65.6 Å². The number of pyridine rings is 1. The molecule has 2 aliphatic rings. The van der Waals surface area contributed by atoms with Gasteiger partial charge in [0.05, 0.1) is 6.42 Å². The molecule has 2 amide bonds. The molecule has 1 atom stereocenters. The summed E-state index contributed by atoms with van der Waals surface area (Å²) in [5, 5.41) is 7.78. The van der Waals surface area contributed by atoms with Crippen molar-refractivity contribution in [3.8, 4) is 0 Å². The van der Waals surface area contributed by atoms with Gasteiger partial charge in [0, 0.05) is 68.2 Å². The first-order chi connectivity index (χ1) is 22.6. The highest BCUT2D eigenvalue weighted by Crippen LogP contribution is 2.28. The molecule has 1 saturated heterocycles. The minimum atomic E-state index is -4.35. The quantitative estimate of drug-likeness (QED) is 0.235. The van der Waals surface area contributed by atoms with Crippen LogP contribution in [0, 0.1) is 0 Å². The number of halogens is 3. The van der Waals surface area contributed by atoms with Crippen molar-refractivity contribution in [1.29, 1.82) is 0 Å². The summed E-state index contributed by atoms with van der Waals surface area (Å²) >= 11 is 0. The smallest absolute Gasteiger partial charge is 0.339 e. The number of carbonyl (C=O) groups excluding carboxylic acids is 2. The number of carbonyl (C=O) groups is 2. The number of piperidine rings is 1. The number of anilines is 2. The molecule has 0 aliphatic carbocycles. The lowest BCUT2D eigenvalue weighted by Crippen LogP contribution is -2.48. The van der Waals surface area contributed by atoms with Gasteiger partial charge in [-0.2, -0.15) is 18.2 Å². The van der Waals surface area contributed by atoms with Crippen LogP contribution in [0.2, 0.25) is 0 Å². The fourth-order valence-corrected chi connectivity index (χ4v) is 6.26. The van der Waals surface area contributed by atoms with Gasteiger partial charge in [0.15, 0.2) is 5.65 Å². The SMILES string of the molecule is CN(Cc1ccccc1)C1CCCN(C(=O)c2ccc(Nc3nc4c(C5=CCN(C(=O)CCC(F)(F)F)CC5)cccn4n3)cc2)C1. The summed E-state index contributed by atoms with van der Waals surface area (Å²) in [6, 6.07) is 21.8. The molecule has 0 bridgehead atoms. The number of likely N-dealkylation sites (N-methyl/N-ethyl adjacent to an activating group) is 1. The van der Waals surface area contributed by atoms with Crippen molar-refractivity contribution in [2.45, 2.75) is 50.9 Å². The number of amides is 2. The Kier molecular flexibility index (Phi) is 9.58. The third-order valence-corrected chi connectivity index (χ3v) is 8.86. The van der Waals surface area contributed by atoms with Crippen molar-refractivity contribution in [3.63, 3.8) is 0 Å². The first kappa shape index (κ1) is 32.2. The number of fused-ring (bicyclic) bond motifs is 1. The first-order valence-electron chi connectivity index (χ1n) is 15.9. The summed E-state index contributed by atoms with van der Waals surface area (Å²) in [7, 11) is 2.12. The topological polar surface area (TPSA) is 86.1 Å². The molecule has 246 valence electrons. The summed E-state index contributed by atoms with van der Waals surface area (Å²) in [5.74, 6) is -0.0903. The van der Waals surface area contributed by atoms with Crippen molar-refractivity contribution in [1.82, 2.24) is 29.3 Å². The summed E-state index contributed by atoms with van der Waals surface area (Å²) in [6.45, 7) is 2.87. The highest BCUT2D eigenvalue weighted by molar-refractivity contribution is 5.94. The van der Waals surface area contributed by atoms with Crippen LogP contribution in [-0.4, -0.2) is 86.6 Å². The second kappa shape index (κ2) is 14.0. The average molecular weight is 646 g/mol. The van der Waals surface area contributed by atoms with Crippen molar-refractivity contribution < 1.29 is 22.8 Å². The van der Waals surface area contributed by atoms with Gasteiger partial charge >= 0.3 is 6.18 Å². The molecule has 0 saturated carbocycles. The van der Waals surface area contributed by atoms with Crippen LogP contribution in [0.4, 0.5) is 24.8 Å². The van der Waals surface area contributed by atoms with Gasteiger partial charge in [0.25, 0.3) is 5.91 Å². The Morgan fingerprint density at radius 2 is 1.79 bits per heavy atom. The van der Waals surface area contributed by atoms with Crippen LogP contribution in [0.1, 0.15) is 53.6 Å². The van der Waals surface area contributed by atoms with Gasteiger partial charge in [0.1, 0.15) is 0 Å². The zero-order valence-corrected chi connectivity index (χ0v) is 26.3. The Bertz CT molecular complexity index is 1740. The van der Waals surface area contributed by atoms with Crippen LogP contribution in [0.3, 0.4) is 0 Å². The van der Waals surface area contributed by atoms with Gasteiger partial charge in [-0.15, -0.1) is 5.10 Å². The molecule has 12 heteroatoms. The molecule has 47 heavy (non-hydrogen) atoms. The third kappa shape index (κ3) is 7.99. The van der Waals surface area contributed by atoms with Crippen LogP contribution in [0.25, 0.3) is 11.2 Å². The second-order valence-corrected chi connectivity index (χ2v) is 12.2. The molecule has 4 aromatic rings. The first-order valence-corrected chi connectivity index (χ1v) is 15.9. The van der Waals surface area contributed by atoms with Gasteiger partial charge in [-0.05, 0) is 73.8 Å². The Morgan fingerprint density at radius 3 is 2.51 bits per heavy atom. The number of nitrogens with zero attached hydrogens (tertiary/aromatic N) is 6. The summed E-state index contributed by atoms with van der Waals surface area (Å²) in [5.41, 5.74) is 5.07. The van der Waals surface area contributed by atoms with Crippen LogP contribution in [-0.2, 0) is 11.3 Å². The summed E-state index contributed by atoms with van der Waals surface area (Å²) in [4.78, 5) is 36.1. The zero-order valence-electron chi connectivity index (χ0n) is 26.3. The Hall–Kier alpha value is -4.71. The molecule has 1 fully saturated rings. The molecule has 9 nitrogen and oxygen atoms in total. The van der Waals surface area contributed by atoms with Crippen molar-refractivity contribution in [2.24, 2.45) is 0 Å². The lowest BCUT2D eigenvalue weighted by Gasteiger charge is -2.37. The second-order valence-electron chi connectivity index (χ2n) is 12.2. The number of rotatable bonds is 9. The maximum atomic E-state index is 13.4. The monoisotopic (exact) mass is 645 g/mol. The zero-order chi connectivity index (χ0) is 33.0. The molecule has 1 unspecified atom stereocenters. The Morgan fingerprint density at radius 1 is 1.00 bits per heavy atom. The number of nitrogens with one attached hydrogen (secondary N) is 1. The highest BCUT2D eigenvalue weighted by Gasteiger charge is 2.30. The van der Waals surface area contributed by atoms with Crippen LogP contribution >= 0.6 is 0 Å². The van der Waals surface area contributed by atoms with E-state index < -0.39 is 24.9 Å². The minimum Gasteiger partial charge on any atom is -0.339 e. The van der Waals surface area contributed by atoms with Crippen molar-refractivity contribution in [2.75, 3.05) is 38.5 Å². The fourth-order valence-electron chi connectivity index (χ4n) is 6.26. The lowest BCUT2D eigenvalue weighted by molar-refractivity contribution is -0.148. The average Bonchev–Trinajstić information content (AvgIpc) is 3.50. The molecule has 1 N–H and O–H groups in total. The molecule has 2 aliphatic heterocycles. The molecule has 6 rings (SSSR count). The standard InChI is InChI=1S/C35H38F3N7O2/c1-42(23-25-7-3-2-4-8-25)29-9-5-19-44(24-29)33(47)27-11-13-28(14-12-27)39-34-40-32-30(10-6-20-45(32)41-34)26-16-21-43(22-17-26)31(46)15-18-35(36,37)38/h2-4,6-8,10-14,16,20,29H,5,9,15,17-19,21-24H2,1H3,(H,39,41). The molecular formula is C35H38F3N7O2. The van der Waals surface area contributed by atoms with Crippen molar-refractivity contribution >= 4 is 34.7 Å². The number of hydrogen-bond donors (Lipinski definition) is 1. The number of likely N-dealkylation sites (tertiary alicyclic amines) is 1. The van der Waals surface area contributed by atoms with E-state index in [9.17, 15) is 22.8 Å². The van der Waals surface area contributed by atoms with E-state index in [2.05, 4.69) is 34.5 Å². The van der Waals surface area contributed by atoms with Gasteiger partial charge in [0.2, 0.25) is 11.9 Å². The predicted octanol–water partition coefficient (Wildman–Crippen LogP) is 6.17. The largest absolute Gasteiger partial charge is 0.389 e. The number of benzene rings is 2. The van der Waals surface area contributed by atoms with Crippen LogP contribution < -0.4 is 5.32 Å². The van der Waals surface area contributed by atoms with Crippen LogP contribution in [0.5, 0.6) is 0 Å². The molecule has 0 spiro atoms. The Balaban J connectivity index is 1.07. The van der Waals surface area contributed by atoms with E-state index in [0.717, 1.165) is 42.8 Å². The van der Waals surface area contributed by atoms with E-state index >= 15 is 0 Å². The molecule has 2 aromatic heterocycles. The number of hydrogen-bond acceptors (Lipinski definition) is 6. The van der Waals surface area contributed by atoms with E-state index in [-0.39, 0.29) is 12.5 Å².